The van der Waals surface area contributed by atoms with Gasteiger partial charge in [-0.1, -0.05) is 25.5 Å². The van der Waals surface area contributed by atoms with E-state index in [-0.39, 0.29) is 18.6 Å². The molecule has 0 spiro atoms. The van der Waals surface area contributed by atoms with Crippen molar-refractivity contribution in [2.45, 2.75) is 71.0 Å². The van der Waals surface area contributed by atoms with E-state index in [1.807, 2.05) is 30.0 Å². The molecule has 9 heteroatoms. The number of carboxylic acids is 1. The molecule has 1 aromatic carbocycles. The van der Waals surface area contributed by atoms with Gasteiger partial charge in [0.15, 0.2) is 0 Å². The van der Waals surface area contributed by atoms with Gasteiger partial charge in [-0.25, -0.2) is 4.98 Å². The standard InChI is InChI=1S/C25H37N5O4/c1-4-6-19(10-12-31)28-23-20(16(2)27-25(26)29-23)14-18-9-8-17(13-22(18)34-3)15-30-11-5-7-21(30)24(32)33/h8-9,13,19,21,31H,4-7,10-12,14-15H2,1-3H3,(H,32,33)(H3,26,27,28,29)/t19-,21+/m0/s1. The summed E-state index contributed by atoms with van der Waals surface area (Å²) < 4.78 is 5.70. The average Bonchev–Trinajstić information content (AvgIpc) is 3.25. The van der Waals surface area contributed by atoms with Crippen LogP contribution in [0.15, 0.2) is 18.2 Å². The minimum absolute atomic E-state index is 0.0920. The maximum absolute atomic E-state index is 11.5. The smallest absolute Gasteiger partial charge is 0.320 e. The van der Waals surface area contributed by atoms with Gasteiger partial charge in [-0.05, 0) is 56.3 Å². The molecule has 1 fully saturated rings. The van der Waals surface area contributed by atoms with Crippen molar-refractivity contribution in [1.82, 2.24) is 14.9 Å². The average molecular weight is 472 g/mol. The quantitative estimate of drug-likeness (QED) is 0.368. The Kier molecular flexibility index (Phi) is 9.06. The molecule has 1 saturated heterocycles. The minimum Gasteiger partial charge on any atom is -0.496 e. The summed E-state index contributed by atoms with van der Waals surface area (Å²) in [6.07, 6.45) is 4.66. The number of benzene rings is 1. The second kappa shape index (κ2) is 12.0. The third-order valence-electron chi connectivity index (χ3n) is 6.44. The van der Waals surface area contributed by atoms with E-state index < -0.39 is 12.0 Å². The molecule has 0 bridgehead atoms. The van der Waals surface area contributed by atoms with Crippen molar-refractivity contribution in [3.8, 4) is 5.75 Å². The number of rotatable bonds is 12. The van der Waals surface area contributed by atoms with Crippen LogP contribution >= 0.6 is 0 Å². The number of aromatic nitrogens is 2. The Bertz CT molecular complexity index is 978. The summed E-state index contributed by atoms with van der Waals surface area (Å²) in [5, 5.41) is 22.4. The number of aliphatic carboxylic acids is 1. The van der Waals surface area contributed by atoms with Crippen molar-refractivity contribution in [3.63, 3.8) is 0 Å². The van der Waals surface area contributed by atoms with Crippen LogP contribution in [0, 0.1) is 6.92 Å². The molecule has 1 aliphatic heterocycles. The number of methoxy groups -OCH3 is 1. The number of carbonyl (C=O) groups is 1. The monoisotopic (exact) mass is 471 g/mol. The van der Waals surface area contributed by atoms with Gasteiger partial charge in [0, 0.05) is 36.9 Å². The van der Waals surface area contributed by atoms with Crippen LogP contribution in [0.25, 0.3) is 0 Å². The van der Waals surface area contributed by atoms with Gasteiger partial charge < -0.3 is 26.0 Å². The fraction of sp³-hybridized carbons (Fsp3) is 0.560. The molecule has 1 aliphatic rings. The molecule has 0 aliphatic carbocycles. The zero-order chi connectivity index (χ0) is 24.7. The first kappa shape index (κ1) is 25.7. The molecule has 34 heavy (non-hydrogen) atoms. The van der Waals surface area contributed by atoms with E-state index >= 15 is 0 Å². The second-order valence-corrected chi connectivity index (χ2v) is 8.93. The number of nitrogen functional groups attached to an aromatic ring is 1. The Morgan fingerprint density at radius 2 is 2.15 bits per heavy atom. The molecule has 2 aromatic rings. The molecule has 186 valence electrons. The van der Waals surface area contributed by atoms with Crippen LogP contribution < -0.4 is 15.8 Å². The van der Waals surface area contributed by atoms with Crippen LogP contribution in [0.4, 0.5) is 11.8 Å². The Morgan fingerprint density at radius 1 is 1.35 bits per heavy atom. The highest BCUT2D eigenvalue weighted by Gasteiger charge is 2.30. The minimum atomic E-state index is -0.762. The number of carboxylic acid groups (broad SMARTS) is 1. The van der Waals surface area contributed by atoms with Gasteiger partial charge in [-0.3, -0.25) is 9.69 Å². The van der Waals surface area contributed by atoms with Crippen LogP contribution in [0.2, 0.25) is 0 Å². The lowest BCUT2D eigenvalue weighted by molar-refractivity contribution is -0.142. The fourth-order valence-electron chi connectivity index (χ4n) is 4.69. The molecular formula is C25H37N5O4. The van der Waals surface area contributed by atoms with Crippen LogP contribution in [-0.4, -0.2) is 63.4 Å². The molecule has 2 heterocycles. The number of likely N-dealkylation sites (tertiary alicyclic amines) is 1. The number of aliphatic hydroxyl groups is 1. The molecule has 5 N–H and O–H groups in total. The molecule has 0 saturated carbocycles. The van der Waals surface area contributed by atoms with E-state index in [1.165, 1.54) is 0 Å². The fourth-order valence-corrected chi connectivity index (χ4v) is 4.69. The summed E-state index contributed by atoms with van der Waals surface area (Å²) >= 11 is 0. The van der Waals surface area contributed by atoms with Gasteiger partial charge >= 0.3 is 5.97 Å². The Balaban J connectivity index is 1.85. The third kappa shape index (κ3) is 6.36. The molecule has 0 radical (unpaired) electrons. The number of anilines is 2. The van der Waals surface area contributed by atoms with E-state index in [2.05, 4.69) is 22.2 Å². The first-order chi connectivity index (χ1) is 16.4. The zero-order valence-corrected chi connectivity index (χ0v) is 20.4. The number of nitrogens with one attached hydrogen (secondary N) is 1. The summed E-state index contributed by atoms with van der Waals surface area (Å²) in [5.41, 5.74) is 9.68. The van der Waals surface area contributed by atoms with Crippen molar-refractivity contribution >= 4 is 17.7 Å². The van der Waals surface area contributed by atoms with Crippen molar-refractivity contribution < 1.29 is 19.7 Å². The summed E-state index contributed by atoms with van der Waals surface area (Å²) in [6.45, 7) is 5.48. The summed E-state index contributed by atoms with van der Waals surface area (Å²) in [5.74, 6) is 0.877. The molecule has 2 atom stereocenters. The molecule has 9 nitrogen and oxygen atoms in total. The Morgan fingerprint density at radius 3 is 2.82 bits per heavy atom. The lowest BCUT2D eigenvalue weighted by atomic mass is 10.0. The van der Waals surface area contributed by atoms with E-state index in [9.17, 15) is 15.0 Å². The van der Waals surface area contributed by atoms with Crippen LogP contribution in [0.3, 0.4) is 0 Å². The number of aryl methyl sites for hydroxylation is 1. The number of nitrogens with zero attached hydrogens (tertiary/aromatic N) is 3. The largest absolute Gasteiger partial charge is 0.496 e. The highest BCUT2D eigenvalue weighted by molar-refractivity contribution is 5.73. The predicted octanol–water partition coefficient (Wildman–Crippen LogP) is 2.98. The molecule has 0 unspecified atom stereocenters. The van der Waals surface area contributed by atoms with E-state index in [0.29, 0.717) is 31.6 Å². The normalized spacial score (nSPS) is 17.0. The summed E-state index contributed by atoms with van der Waals surface area (Å²) in [6, 6.07) is 5.70. The molecular weight excluding hydrogens is 434 g/mol. The Labute approximate surface area is 201 Å². The van der Waals surface area contributed by atoms with Crippen LogP contribution in [0.5, 0.6) is 5.75 Å². The highest BCUT2D eigenvalue weighted by Crippen LogP contribution is 2.29. The number of ether oxygens (including phenoxy) is 1. The first-order valence-electron chi connectivity index (χ1n) is 12.0. The van der Waals surface area contributed by atoms with Crippen LogP contribution in [0.1, 0.15) is 61.4 Å². The summed E-state index contributed by atoms with van der Waals surface area (Å²) in [4.78, 5) is 22.4. The lowest BCUT2D eigenvalue weighted by Gasteiger charge is -2.22. The topological polar surface area (TPSA) is 134 Å². The SMILES string of the molecule is CCC[C@@H](CCO)Nc1nc(N)nc(C)c1Cc1ccc(CN2CCC[C@@H]2C(=O)O)cc1OC. The van der Waals surface area contributed by atoms with Gasteiger partial charge in [0.25, 0.3) is 0 Å². The first-order valence-corrected chi connectivity index (χ1v) is 12.0. The maximum atomic E-state index is 11.5. The number of hydrogen-bond donors (Lipinski definition) is 4. The maximum Gasteiger partial charge on any atom is 0.320 e. The van der Waals surface area contributed by atoms with E-state index in [0.717, 1.165) is 53.9 Å². The lowest BCUT2D eigenvalue weighted by Crippen LogP contribution is -2.35. The summed E-state index contributed by atoms with van der Waals surface area (Å²) in [7, 11) is 1.64. The second-order valence-electron chi connectivity index (χ2n) is 8.93. The number of nitrogens with two attached hydrogens (primary N) is 1. The molecule has 3 rings (SSSR count). The van der Waals surface area contributed by atoms with Gasteiger partial charge in [-0.2, -0.15) is 4.98 Å². The van der Waals surface area contributed by atoms with E-state index in [1.54, 1.807) is 7.11 Å². The Hall–Kier alpha value is -2.91. The van der Waals surface area contributed by atoms with Crippen molar-refractivity contribution in [2.75, 3.05) is 31.3 Å². The number of hydrogen-bond acceptors (Lipinski definition) is 8. The van der Waals surface area contributed by atoms with Gasteiger partial charge in [-0.15, -0.1) is 0 Å². The number of aliphatic hydroxyl groups excluding tert-OH is 1. The third-order valence-corrected chi connectivity index (χ3v) is 6.44. The highest BCUT2D eigenvalue weighted by atomic mass is 16.5. The van der Waals surface area contributed by atoms with Crippen molar-refractivity contribution in [3.05, 3.63) is 40.6 Å². The zero-order valence-electron chi connectivity index (χ0n) is 20.4. The predicted molar refractivity (Wildman–Crippen MR) is 132 cm³/mol. The molecule has 1 aromatic heterocycles. The van der Waals surface area contributed by atoms with E-state index in [4.69, 9.17) is 10.5 Å². The van der Waals surface area contributed by atoms with Crippen LogP contribution in [-0.2, 0) is 17.8 Å². The van der Waals surface area contributed by atoms with Crippen molar-refractivity contribution in [2.24, 2.45) is 0 Å². The van der Waals surface area contributed by atoms with Gasteiger partial charge in [0.1, 0.15) is 17.6 Å². The van der Waals surface area contributed by atoms with Gasteiger partial charge in [0.05, 0.1) is 7.11 Å². The molecule has 0 amide bonds. The van der Waals surface area contributed by atoms with Crippen molar-refractivity contribution in [1.29, 1.82) is 0 Å². The van der Waals surface area contributed by atoms with Gasteiger partial charge in [0.2, 0.25) is 5.95 Å².